The van der Waals surface area contributed by atoms with Gasteiger partial charge in [0.25, 0.3) is 0 Å². The Balaban J connectivity index is 2.07. The zero-order valence-corrected chi connectivity index (χ0v) is 12.5. The molecule has 1 aliphatic heterocycles. The first-order chi connectivity index (χ1) is 8.86. The Morgan fingerprint density at radius 2 is 1.89 bits per heavy atom. The zero-order valence-electron chi connectivity index (χ0n) is 10.9. The average Bonchev–Trinajstić information content (AvgIpc) is 2.69. The molecule has 3 N–H and O–H groups in total. The van der Waals surface area contributed by atoms with Gasteiger partial charge in [0, 0.05) is 6.04 Å². The summed E-state index contributed by atoms with van der Waals surface area (Å²) in [5.41, 5.74) is 5.02. The monoisotopic (exact) mass is 304 g/mol. The van der Waals surface area contributed by atoms with Crippen molar-refractivity contribution in [3.63, 3.8) is 0 Å². The van der Waals surface area contributed by atoms with Gasteiger partial charge in [-0.2, -0.15) is 0 Å². The summed E-state index contributed by atoms with van der Waals surface area (Å²) < 4.78 is 22.8. The van der Waals surface area contributed by atoms with E-state index in [1.807, 2.05) is 0 Å². The molecular weight excluding hydrogens is 284 g/mol. The molecule has 0 spiro atoms. The molecule has 2 rings (SSSR count). The zero-order chi connectivity index (χ0) is 14.1. The first kappa shape index (κ1) is 14.7. The molecule has 1 amide bonds. The molecule has 2 aliphatic rings. The molecule has 7 heteroatoms. The van der Waals surface area contributed by atoms with E-state index >= 15 is 0 Å². The van der Waals surface area contributed by atoms with Crippen molar-refractivity contribution in [2.45, 2.75) is 44.6 Å². The Morgan fingerprint density at radius 1 is 1.26 bits per heavy atom. The van der Waals surface area contributed by atoms with Gasteiger partial charge in [0.1, 0.15) is 0 Å². The van der Waals surface area contributed by atoms with Crippen LogP contribution in [0.25, 0.3) is 0 Å². The molecule has 5 nitrogen and oxygen atoms in total. The maximum atomic E-state index is 12.5. The van der Waals surface area contributed by atoms with Gasteiger partial charge in [-0.1, -0.05) is 31.5 Å². The predicted octanol–water partition coefficient (Wildman–Crippen LogP) is 0.526. The number of amides is 1. The minimum atomic E-state index is -2.99. The maximum absolute atomic E-state index is 12.5. The van der Waals surface area contributed by atoms with Gasteiger partial charge < -0.3 is 11.1 Å². The van der Waals surface area contributed by atoms with E-state index < -0.39 is 15.3 Å². The summed E-state index contributed by atoms with van der Waals surface area (Å²) >= 11 is 5.09. The fraction of sp³-hybridized carbons (Fsp3) is 0.833. The van der Waals surface area contributed by atoms with Crippen LogP contribution in [0.3, 0.4) is 0 Å². The number of nitrogens with one attached hydrogen (secondary N) is 1. The van der Waals surface area contributed by atoms with E-state index in [-0.39, 0.29) is 28.4 Å². The highest BCUT2D eigenvalue weighted by molar-refractivity contribution is 7.91. The van der Waals surface area contributed by atoms with E-state index in [0.29, 0.717) is 19.3 Å². The highest BCUT2D eigenvalue weighted by atomic mass is 32.2. The first-order valence-corrected chi connectivity index (χ1v) is 8.90. The number of rotatable bonds is 3. The molecule has 0 bridgehead atoms. The fourth-order valence-corrected chi connectivity index (χ4v) is 4.94. The van der Waals surface area contributed by atoms with Crippen LogP contribution in [0.1, 0.15) is 38.5 Å². The molecule has 1 heterocycles. The first-order valence-electron chi connectivity index (χ1n) is 6.67. The fourth-order valence-electron chi connectivity index (χ4n) is 2.97. The molecule has 0 aromatic rings. The summed E-state index contributed by atoms with van der Waals surface area (Å²) in [5, 5.41) is 2.84. The summed E-state index contributed by atoms with van der Waals surface area (Å²) in [6.07, 6.45) is 4.81. The van der Waals surface area contributed by atoms with Crippen LogP contribution in [0, 0.1) is 5.41 Å². The molecule has 0 radical (unpaired) electrons. The summed E-state index contributed by atoms with van der Waals surface area (Å²) in [6.45, 7) is 0. The number of hydrogen-bond donors (Lipinski definition) is 2. The number of thiocarbonyl (C=S) groups is 1. The van der Waals surface area contributed by atoms with E-state index in [2.05, 4.69) is 5.32 Å². The van der Waals surface area contributed by atoms with Gasteiger partial charge in [0.15, 0.2) is 9.84 Å². The summed E-state index contributed by atoms with van der Waals surface area (Å²) in [5.74, 6) is 0.00580. The van der Waals surface area contributed by atoms with Crippen LogP contribution in [0.4, 0.5) is 0 Å². The van der Waals surface area contributed by atoms with Crippen molar-refractivity contribution >= 4 is 33.0 Å². The number of sulfone groups is 1. The molecular formula is C12H20N2O3S2. The van der Waals surface area contributed by atoms with Crippen molar-refractivity contribution < 1.29 is 13.2 Å². The molecule has 1 atom stereocenters. The minimum Gasteiger partial charge on any atom is -0.392 e. The molecule has 1 unspecified atom stereocenters. The number of carbonyl (C=O) groups excluding carboxylic acids is 1. The lowest BCUT2D eigenvalue weighted by atomic mass is 9.73. The number of hydrogen-bond acceptors (Lipinski definition) is 4. The van der Waals surface area contributed by atoms with E-state index in [9.17, 15) is 13.2 Å². The van der Waals surface area contributed by atoms with E-state index in [1.54, 1.807) is 0 Å². The van der Waals surface area contributed by atoms with E-state index in [4.69, 9.17) is 18.0 Å². The third-order valence-electron chi connectivity index (χ3n) is 4.18. The summed E-state index contributed by atoms with van der Waals surface area (Å²) in [7, 11) is -2.99. The quantitative estimate of drug-likeness (QED) is 0.742. The maximum Gasteiger partial charge on any atom is 0.233 e. The van der Waals surface area contributed by atoms with Gasteiger partial charge in [0.2, 0.25) is 5.91 Å². The lowest BCUT2D eigenvalue weighted by Gasteiger charge is -2.35. The van der Waals surface area contributed by atoms with Crippen LogP contribution in [0.2, 0.25) is 0 Å². The Morgan fingerprint density at radius 3 is 2.37 bits per heavy atom. The molecule has 0 aromatic carbocycles. The Bertz CT molecular complexity index is 481. The standard InChI is InChI=1S/C12H20N2O3S2/c13-10(18)12(5-2-1-3-6-12)11(15)14-9-4-7-19(16,17)8-9/h9H,1-8H2,(H2,13,18)(H,14,15). The minimum absolute atomic E-state index is 0.0339. The summed E-state index contributed by atoms with van der Waals surface area (Å²) in [6, 6.07) is -0.286. The number of carbonyl (C=O) groups is 1. The molecule has 108 valence electrons. The predicted molar refractivity (Wildman–Crippen MR) is 77.5 cm³/mol. The topological polar surface area (TPSA) is 89.3 Å². The molecule has 1 saturated heterocycles. The third kappa shape index (κ3) is 3.08. The normalized spacial score (nSPS) is 28.7. The molecule has 1 saturated carbocycles. The van der Waals surface area contributed by atoms with Gasteiger partial charge in [-0.15, -0.1) is 0 Å². The van der Waals surface area contributed by atoms with Crippen molar-refractivity contribution in [2.24, 2.45) is 11.1 Å². The van der Waals surface area contributed by atoms with Gasteiger partial charge in [0.05, 0.1) is 21.9 Å². The SMILES string of the molecule is NC(=S)C1(C(=O)NC2CCS(=O)(=O)C2)CCCCC1. The van der Waals surface area contributed by atoms with Crippen LogP contribution in [0.5, 0.6) is 0 Å². The van der Waals surface area contributed by atoms with Crippen molar-refractivity contribution in [3.8, 4) is 0 Å². The van der Waals surface area contributed by atoms with Gasteiger partial charge in [-0.3, -0.25) is 4.79 Å². The smallest absolute Gasteiger partial charge is 0.233 e. The highest BCUT2D eigenvalue weighted by Crippen LogP contribution is 2.37. The van der Waals surface area contributed by atoms with Crippen molar-refractivity contribution in [1.29, 1.82) is 0 Å². The van der Waals surface area contributed by atoms with Crippen molar-refractivity contribution in [2.75, 3.05) is 11.5 Å². The largest absolute Gasteiger partial charge is 0.392 e. The third-order valence-corrected chi connectivity index (χ3v) is 6.34. The Labute approximate surface area is 119 Å². The second kappa shape index (κ2) is 5.36. The van der Waals surface area contributed by atoms with E-state index in [0.717, 1.165) is 19.3 Å². The lowest BCUT2D eigenvalue weighted by molar-refractivity contribution is -0.129. The highest BCUT2D eigenvalue weighted by Gasteiger charge is 2.43. The second-order valence-electron chi connectivity index (χ2n) is 5.58. The average molecular weight is 304 g/mol. The van der Waals surface area contributed by atoms with Crippen molar-refractivity contribution in [1.82, 2.24) is 5.32 Å². The van der Waals surface area contributed by atoms with E-state index in [1.165, 1.54) is 0 Å². The van der Waals surface area contributed by atoms with Crippen LogP contribution in [0.15, 0.2) is 0 Å². The molecule has 0 aromatic heterocycles. The molecule has 19 heavy (non-hydrogen) atoms. The van der Waals surface area contributed by atoms with Crippen LogP contribution < -0.4 is 11.1 Å². The second-order valence-corrected chi connectivity index (χ2v) is 8.25. The molecule has 2 fully saturated rings. The van der Waals surface area contributed by atoms with Crippen LogP contribution in [-0.4, -0.2) is 36.9 Å². The Hall–Kier alpha value is -0.690. The van der Waals surface area contributed by atoms with Gasteiger partial charge in [-0.25, -0.2) is 8.42 Å². The van der Waals surface area contributed by atoms with Crippen LogP contribution >= 0.6 is 12.2 Å². The number of nitrogens with two attached hydrogens (primary N) is 1. The van der Waals surface area contributed by atoms with Gasteiger partial charge in [-0.05, 0) is 19.3 Å². The van der Waals surface area contributed by atoms with Crippen LogP contribution in [-0.2, 0) is 14.6 Å². The van der Waals surface area contributed by atoms with Gasteiger partial charge >= 0.3 is 0 Å². The molecule has 1 aliphatic carbocycles. The lowest BCUT2D eigenvalue weighted by Crippen LogP contribution is -2.52. The summed E-state index contributed by atoms with van der Waals surface area (Å²) in [4.78, 5) is 12.7. The Kier molecular flexibility index (Phi) is 4.15. The van der Waals surface area contributed by atoms with Crippen molar-refractivity contribution in [3.05, 3.63) is 0 Å².